The number of epoxide rings is 2. The van der Waals surface area contributed by atoms with Crippen molar-refractivity contribution in [1.82, 2.24) is 0 Å². The van der Waals surface area contributed by atoms with Crippen molar-refractivity contribution in [3.63, 3.8) is 0 Å². The molecule has 0 aliphatic carbocycles. The minimum absolute atomic E-state index is 0.173. The first-order valence-electron chi connectivity index (χ1n) is 19.9. The second-order valence-electron chi connectivity index (χ2n) is 16.8. The second-order valence-corrected chi connectivity index (χ2v) is 16.8. The normalized spacial score (nSPS) is 16.5. The average molecular weight is 761 g/mol. The zero-order chi connectivity index (χ0) is 39.6. The molecular formula is C51H52O6. The maximum Gasteiger partial charge on any atom is 0.127 e. The number of hydrogen-bond acceptors (Lipinski definition) is 6. The maximum absolute atomic E-state index is 6.28. The van der Waals surface area contributed by atoms with Gasteiger partial charge in [0.15, 0.2) is 0 Å². The van der Waals surface area contributed by atoms with Crippen LogP contribution in [0.2, 0.25) is 0 Å². The van der Waals surface area contributed by atoms with E-state index in [-0.39, 0.29) is 28.5 Å². The summed E-state index contributed by atoms with van der Waals surface area (Å²) in [6.45, 7) is 16.3. The lowest BCUT2D eigenvalue weighted by atomic mass is 9.78. The van der Waals surface area contributed by atoms with E-state index in [9.17, 15) is 0 Å². The van der Waals surface area contributed by atoms with Gasteiger partial charge < -0.3 is 28.4 Å². The third-order valence-corrected chi connectivity index (χ3v) is 11.6. The topological polar surface area (TPSA) is 62.0 Å². The van der Waals surface area contributed by atoms with Crippen molar-refractivity contribution in [2.24, 2.45) is 0 Å². The van der Waals surface area contributed by atoms with E-state index < -0.39 is 0 Å². The van der Waals surface area contributed by atoms with Crippen molar-refractivity contribution < 1.29 is 28.4 Å². The average Bonchev–Trinajstić information content (AvgIpc) is 4.17. The van der Waals surface area contributed by atoms with Gasteiger partial charge in [0.1, 0.15) is 59.9 Å². The number of hydrogen-bond donors (Lipinski definition) is 0. The van der Waals surface area contributed by atoms with Crippen LogP contribution in [0.1, 0.15) is 74.9 Å². The fourth-order valence-corrected chi connectivity index (χ4v) is 7.17. The summed E-state index contributed by atoms with van der Waals surface area (Å²) < 4.78 is 34.7. The highest BCUT2D eigenvalue weighted by atomic mass is 16.6. The van der Waals surface area contributed by atoms with Crippen LogP contribution in [0.5, 0.6) is 34.5 Å². The third-order valence-electron chi connectivity index (χ3n) is 11.6. The lowest BCUT2D eigenvalue weighted by molar-refractivity contribution is 0.263. The molecule has 0 bridgehead atoms. The van der Waals surface area contributed by atoms with Gasteiger partial charge in [-0.05, 0) is 106 Å². The molecule has 0 radical (unpaired) electrons. The summed E-state index contributed by atoms with van der Waals surface area (Å²) in [4.78, 5) is 0. The molecule has 2 aliphatic heterocycles. The summed E-state index contributed by atoms with van der Waals surface area (Å²) in [7, 11) is 0. The number of ether oxygens (including phenoxy) is 6. The van der Waals surface area contributed by atoms with Gasteiger partial charge in [0.05, 0.1) is 13.2 Å². The van der Waals surface area contributed by atoms with Crippen LogP contribution in [0.15, 0.2) is 146 Å². The Morgan fingerprint density at radius 1 is 0.351 bits per heavy atom. The Bertz CT molecular complexity index is 2070. The first-order valence-corrected chi connectivity index (χ1v) is 19.9. The summed E-state index contributed by atoms with van der Waals surface area (Å²) in [6, 6.07) is 50.3. The van der Waals surface area contributed by atoms with Gasteiger partial charge in [-0.1, -0.05) is 114 Å². The molecule has 292 valence electrons. The molecular weight excluding hydrogens is 709 g/mol. The van der Waals surface area contributed by atoms with Crippen LogP contribution in [0.3, 0.4) is 0 Å². The molecule has 6 heteroatoms. The molecule has 2 unspecified atom stereocenters. The van der Waals surface area contributed by atoms with Crippen LogP contribution in [0.25, 0.3) is 0 Å². The lowest BCUT2D eigenvalue weighted by Gasteiger charge is -2.27. The molecule has 0 amide bonds. The zero-order valence-electron chi connectivity index (χ0n) is 33.8. The summed E-state index contributed by atoms with van der Waals surface area (Å²) in [5, 5.41) is 0. The van der Waals surface area contributed by atoms with Crippen LogP contribution in [0.4, 0.5) is 0 Å². The maximum atomic E-state index is 6.28. The van der Waals surface area contributed by atoms with E-state index in [1.54, 1.807) is 0 Å². The van der Waals surface area contributed by atoms with Gasteiger partial charge in [-0.25, -0.2) is 0 Å². The first-order chi connectivity index (χ1) is 27.4. The van der Waals surface area contributed by atoms with Gasteiger partial charge in [0, 0.05) is 16.2 Å². The van der Waals surface area contributed by atoms with E-state index in [0.717, 1.165) is 47.7 Å². The smallest absolute Gasteiger partial charge is 0.127 e. The van der Waals surface area contributed by atoms with Gasteiger partial charge in [0.2, 0.25) is 0 Å². The van der Waals surface area contributed by atoms with E-state index in [2.05, 4.69) is 114 Å². The van der Waals surface area contributed by atoms with Crippen molar-refractivity contribution >= 4 is 0 Å². The molecule has 2 fully saturated rings. The molecule has 0 N–H and O–H groups in total. The van der Waals surface area contributed by atoms with E-state index in [4.69, 9.17) is 28.4 Å². The summed E-state index contributed by atoms with van der Waals surface area (Å²) >= 11 is 0. The Labute approximate surface area is 337 Å². The molecule has 8 rings (SSSR count). The molecule has 2 saturated heterocycles. The second kappa shape index (κ2) is 15.8. The van der Waals surface area contributed by atoms with E-state index in [1.165, 1.54) is 33.4 Å². The van der Waals surface area contributed by atoms with Gasteiger partial charge >= 0.3 is 0 Å². The molecule has 0 saturated carbocycles. The Balaban J connectivity index is 0.851. The highest BCUT2D eigenvalue weighted by Crippen LogP contribution is 2.38. The molecule has 6 aromatic carbocycles. The van der Waals surface area contributed by atoms with Crippen LogP contribution in [0, 0.1) is 0 Å². The van der Waals surface area contributed by atoms with Crippen molar-refractivity contribution in [2.45, 2.75) is 70.0 Å². The fraction of sp³-hybridized carbons (Fsp3) is 0.294. The molecule has 2 heterocycles. The van der Waals surface area contributed by atoms with E-state index >= 15 is 0 Å². The van der Waals surface area contributed by atoms with Crippen LogP contribution >= 0.6 is 0 Å². The predicted octanol–water partition coefficient (Wildman–Crippen LogP) is 11.8. The lowest BCUT2D eigenvalue weighted by Crippen LogP contribution is -2.19. The Kier molecular flexibility index (Phi) is 10.6. The van der Waals surface area contributed by atoms with Crippen LogP contribution in [-0.2, 0) is 25.7 Å². The summed E-state index contributed by atoms with van der Waals surface area (Å²) in [5.41, 5.74) is 6.71. The van der Waals surface area contributed by atoms with Gasteiger partial charge in [-0.3, -0.25) is 0 Å². The highest BCUT2D eigenvalue weighted by molar-refractivity contribution is 5.47. The summed E-state index contributed by atoms with van der Waals surface area (Å²) in [5.74, 6) is 4.95. The Morgan fingerprint density at radius 2 is 0.544 bits per heavy atom. The minimum atomic E-state index is -0.219. The number of benzene rings is 6. The van der Waals surface area contributed by atoms with E-state index in [1.807, 2.05) is 72.8 Å². The SMILES string of the molecule is CC(C)(c1ccc(OCC2CO2)cc1)c1ccc(Oc2ccc(C(C)(C)c3ccc(Oc4ccc(C(C)(C)c5ccc(OCC6CO6)cc5)cc4)cc3)cc2)cc1. The standard InChI is InChI=1S/C51H52O6/c1-49(2,35-7-19-41(20-8-35)52-31-47-33-54-47)37-11-23-43(24-12-37)56-45-27-15-39(16-28-45)51(5,6)40-17-29-46(30-18-40)57-44-25-13-38(14-26-44)50(3,4)36-9-21-42(22-10-36)53-32-48-34-55-48/h7-30,47-48H,31-34H2,1-6H3. The van der Waals surface area contributed by atoms with Crippen molar-refractivity contribution in [1.29, 1.82) is 0 Å². The van der Waals surface area contributed by atoms with Gasteiger partial charge in [0.25, 0.3) is 0 Å². The monoisotopic (exact) mass is 760 g/mol. The third kappa shape index (κ3) is 9.04. The first kappa shape index (κ1) is 38.3. The minimum Gasteiger partial charge on any atom is -0.491 e. The van der Waals surface area contributed by atoms with Crippen LogP contribution < -0.4 is 18.9 Å². The summed E-state index contributed by atoms with van der Waals surface area (Å²) in [6.07, 6.45) is 0.494. The zero-order valence-corrected chi connectivity index (χ0v) is 33.8. The molecule has 2 aliphatic rings. The predicted molar refractivity (Wildman–Crippen MR) is 226 cm³/mol. The van der Waals surface area contributed by atoms with E-state index in [0.29, 0.717) is 13.2 Å². The largest absolute Gasteiger partial charge is 0.491 e. The molecule has 0 aromatic heterocycles. The molecule has 57 heavy (non-hydrogen) atoms. The molecule has 6 aromatic rings. The molecule has 0 spiro atoms. The highest BCUT2D eigenvalue weighted by Gasteiger charge is 2.27. The Morgan fingerprint density at radius 3 is 0.737 bits per heavy atom. The van der Waals surface area contributed by atoms with Crippen molar-refractivity contribution in [3.8, 4) is 34.5 Å². The molecule has 6 nitrogen and oxygen atoms in total. The van der Waals surface area contributed by atoms with Crippen molar-refractivity contribution in [2.75, 3.05) is 26.4 Å². The molecule has 2 atom stereocenters. The Hall–Kier alpha value is -5.56. The number of rotatable bonds is 16. The quantitative estimate of drug-likeness (QED) is 0.0916. The van der Waals surface area contributed by atoms with Gasteiger partial charge in [-0.15, -0.1) is 0 Å². The van der Waals surface area contributed by atoms with Crippen LogP contribution in [-0.4, -0.2) is 38.6 Å². The fourth-order valence-electron chi connectivity index (χ4n) is 7.17. The van der Waals surface area contributed by atoms with Crippen molar-refractivity contribution in [3.05, 3.63) is 179 Å². The van der Waals surface area contributed by atoms with Gasteiger partial charge in [-0.2, -0.15) is 0 Å².